The number of benzene rings is 1. The van der Waals surface area contributed by atoms with Crippen molar-refractivity contribution in [3.05, 3.63) is 36.4 Å². The van der Waals surface area contributed by atoms with Gasteiger partial charge < -0.3 is 9.47 Å². The maximum atomic E-state index is 13.7. The first kappa shape index (κ1) is 25.1. The van der Waals surface area contributed by atoms with Gasteiger partial charge in [-0.15, -0.1) is 0 Å². The minimum Gasteiger partial charge on any atom is -0.309 e. The third-order valence-electron chi connectivity index (χ3n) is 7.27. The van der Waals surface area contributed by atoms with Crippen LogP contribution in [0.5, 0.6) is 0 Å². The molecule has 0 bridgehead atoms. The highest BCUT2D eigenvalue weighted by Gasteiger charge is 2.51. The summed E-state index contributed by atoms with van der Waals surface area (Å²) in [5.74, 6) is -0.919. The third-order valence-corrected chi connectivity index (χ3v) is 7.27. The van der Waals surface area contributed by atoms with E-state index in [1.54, 1.807) is 0 Å². The molecule has 3 atom stereocenters. The number of aromatic nitrogens is 2. The second-order valence-electron chi connectivity index (χ2n) is 9.94. The van der Waals surface area contributed by atoms with E-state index in [4.69, 9.17) is 4.98 Å². The number of fused-ring (bicyclic) bond motifs is 2. The summed E-state index contributed by atoms with van der Waals surface area (Å²) < 4.78 is 2.02. The molecule has 2 aliphatic rings. The molecule has 1 N–H and O–H groups in total. The number of imidazole rings is 1. The molecule has 8 heteroatoms. The van der Waals surface area contributed by atoms with Crippen molar-refractivity contribution in [3.63, 3.8) is 0 Å². The van der Waals surface area contributed by atoms with Crippen LogP contribution in [0.3, 0.4) is 0 Å². The molecule has 1 aromatic heterocycles. The lowest BCUT2D eigenvalue weighted by Crippen LogP contribution is -2.48. The first-order valence-corrected chi connectivity index (χ1v) is 12.9. The van der Waals surface area contributed by atoms with Gasteiger partial charge in [-0.05, 0) is 50.4 Å². The number of allylic oxidation sites excluding steroid dienone is 2. The number of likely N-dealkylation sites (N-methyl/N-ethyl adjacent to an activating group) is 1. The van der Waals surface area contributed by atoms with E-state index in [0.29, 0.717) is 31.8 Å². The minimum absolute atomic E-state index is 0.133. The summed E-state index contributed by atoms with van der Waals surface area (Å²) in [5, 5.41) is 3.00. The highest BCUT2D eigenvalue weighted by Crippen LogP contribution is 2.37. The molecule has 188 valence electrons. The number of carbonyl (C=O) groups is 3. The lowest BCUT2D eigenvalue weighted by Gasteiger charge is -2.27. The molecule has 3 amide bonds. The third kappa shape index (κ3) is 5.03. The topological polar surface area (TPSA) is 87.5 Å². The van der Waals surface area contributed by atoms with Crippen molar-refractivity contribution >= 4 is 34.7 Å². The molecule has 0 spiro atoms. The minimum atomic E-state index is -0.850. The molecular weight excluding hydrogens is 442 g/mol. The zero-order valence-electron chi connectivity index (χ0n) is 21.2. The maximum Gasteiger partial charge on any atom is 0.249 e. The second kappa shape index (κ2) is 10.7. The first-order chi connectivity index (χ1) is 16.8. The summed E-state index contributed by atoms with van der Waals surface area (Å²) >= 11 is 0. The summed E-state index contributed by atoms with van der Waals surface area (Å²) in [5.41, 5.74) is 1.74. The number of rotatable bonds is 10. The van der Waals surface area contributed by atoms with Crippen LogP contribution >= 0.6 is 0 Å². The normalized spacial score (nSPS) is 20.8. The number of likely N-dealkylation sites (tertiary alicyclic amines) is 1. The van der Waals surface area contributed by atoms with Crippen molar-refractivity contribution < 1.29 is 14.4 Å². The van der Waals surface area contributed by atoms with Gasteiger partial charge in [0.05, 0.1) is 22.9 Å². The van der Waals surface area contributed by atoms with E-state index in [1.165, 1.54) is 4.90 Å². The van der Waals surface area contributed by atoms with Crippen molar-refractivity contribution in [2.45, 2.75) is 59.5 Å². The van der Waals surface area contributed by atoms with E-state index in [9.17, 15) is 14.4 Å². The number of hydrogen-bond donors (Lipinski definition) is 1. The molecule has 1 aliphatic carbocycles. The molecule has 2 heterocycles. The predicted molar refractivity (Wildman–Crippen MR) is 137 cm³/mol. The van der Waals surface area contributed by atoms with Gasteiger partial charge in [-0.2, -0.15) is 0 Å². The highest BCUT2D eigenvalue weighted by atomic mass is 16.2. The largest absolute Gasteiger partial charge is 0.309 e. The van der Waals surface area contributed by atoms with Crippen LogP contribution in [0.25, 0.3) is 11.0 Å². The van der Waals surface area contributed by atoms with Crippen molar-refractivity contribution in [3.8, 4) is 0 Å². The van der Waals surface area contributed by atoms with Crippen LogP contribution in [0, 0.1) is 17.8 Å². The number of amides is 3. The Morgan fingerprint density at radius 3 is 2.31 bits per heavy atom. The monoisotopic (exact) mass is 479 g/mol. The smallest absolute Gasteiger partial charge is 0.249 e. The lowest BCUT2D eigenvalue weighted by molar-refractivity contribution is -0.147. The number of hydrogen-bond acceptors (Lipinski definition) is 5. The SMILES string of the molecule is CCN(CC)CCn1c(NC(=O)[C@@H](CC(C)C)N2C(=O)[C@H]3CC=CC[C@@H]3C2=O)nc2ccccc21. The van der Waals surface area contributed by atoms with E-state index in [1.807, 2.05) is 54.8 Å². The van der Waals surface area contributed by atoms with Crippen LogP contribution in [0.2, 0.25) is 0 Å². The van der Waals surface area contributed by atoms with E-state index in [2.05, 4.69) is 24.1 Å². The van der Waals surface area contributed by atoms with Crippen molar-refractivity contribution in [2.75, 3.05) is 25.0 Å². The summed E-state index contributed by atoms with van der Waals surface area (Å²) in [6.45, 7) is 11.6. The average Bonchev–Trinajstić information content (AvgIpc) is 3.32. The molecule has 1 aromatic carbocycles. The van der Waals surface area contributed by atoms with Crippen molar-refractivity contribution in [2.24, 2.45) is 17.8 Å². The van der Waals surface area contributed by atoms with Gasteiger partial charge in [-0.1, -0.05) is 52.0 Å². The van der Waals surface area contributed by atoms with Crippen LogP contribution < -0.4 is 5.32 Å². The summed E-state index contributed by atoms with van der Waals surface area (Å²) in [7, 11) is 0. The van der Waals surface area contributed by atoms with Crippen LogP contribution in [0.4, 0.5) is 5.95 Å². The Hall–Kier alpha value is -3.00. The zero-order valence-corrected chi connectivity index (χ0v) is 21.2. The highest BCUT2D eigenvalue weighted by molar-refractivity contribution is 6.10. The van der Waals surface area contributed by atoms with Crippen molar-refractivity contribution in [1.29, 1.82) is 0 Å². The van der Waals surface area contributed by atoms with Gasteiger partial charge in [0.1, 0.15) is 6.04 Å². The summed E-state index contributed by atoms with van der Waals surface area (Å²) in [4.78, 5) is 48.4. The Morgan fingerprint density at radius 2 is 1.71 bits per heavy atom. The molecule has 35 heavy (non-hydrogen) atoms. The van der Waals surface area contributed by atoms with Crippen molar-refractivity contribution in [1.82, 2.24) is 19.4 Å². The Labute approximate surface area is 207 Å². The molecular formula is C27H37N5O3. The van der Waals surface area contributed by atoms with Gasteiger partial charge in [0.15, 0.2) is 0 Å². The molecule has 2 aromatic rings. The zero-order chi connectivity index (χ0) is 25.1. The number of nitrogens with one attached hydrogen (secondary N) is 1. The van der Waals surface area contributed by atoms with Gasteiger partial charge in [-0.3, -0.25) is 24.6 Å². The lowest BCUT2D eigenvalue weighted by atomic mass is 9.85. The number of carbonyl (C=O) groups excluding carboxylic acids is 3. The van der Waals surface area contributed by atoms with Gasteiger partial charge in [0, 0.05) is 13.1 Å². The van der Waals surface area contributed by atoms with Crippen LogP contribution in [0.1, 0.15) is 47.0 Å². The van der Waals surface area contributed by atoms with Gasteiger partial charge in [-0.25, -0.2) is 4.98 Å². The fourth-order valence-corrected chi connectivity index (χ4v) is 5.28. The Bertz CT molecular complexity index is 1090. The molecule has 0 unspecified atom stereocenters. The molecule has 4 rings (SSSR count). The van der Waals surface area contributed by atoms with Gasteiger partial charge in [0.2, 0.25) is 23.7 Å². The second-order valence-corrected chi connectivity index (χ2v) is 9.94. The summed E-state index contributed by atoms with van der Waals surface area (Å²) in [6.07, 6.45) is 5.46. The fraction of sp³-hybridized carbons (Fsp3) is 0.556. The molecule has 1 saturated heterocycles. The van der Waals surface area contributed by atoms with Gasteiger partial charge >= 0.3 is 0 Å². The molecule has 8 nitrogen and oxygen atoms in total. The fourth-order valence-electron chi connectivity index (χ4n) is 5.28. The van der Waals surface area contributed by atoms with E-state index in [0.717, 1.165) is 30.7 Å². The number of anilines is 1. The van der Waals surface area contributed by atoms with Crippen LogP contribution in [0.15, 0.2) is 36.4 Å². The number of nitrogens with zero attached hydrogens (tertiary/aromatic N) is 4. The molecule has 1 fully saturated rings. The van der Waals surface area contributed by atoms with Crippen LogP contribution in [-0.2, 0) is 20.9 Å². The van der Waals surface area contributed by atoms with E-state index in [-0.39, 0.29) is 35.5 Å². The average molecular weight is 480 g/mol. The first-order valence-electron chi connectivity index (χ1n) is 12.9. The van der Waals surface area contributed by atoms with Crippen LogP contribution in [-0.4, -0.2) is 62.7 Å². The Balaban J connectivity index is 1.62. The maximum absolute atomic E-state index is 13.7. The number of imide groups is 1. The number of para-hydroxylation sites is 2. The Morgan fingerprint density at radius 1 is 1.09 bits per heavy atom. The van der Waals surface area contributed by atoms with E-state index < -0.39 is 6.04 Å². The van der Waals surface area contributed by atoms with E-state index >= 15 is 0 Å². The summed E-state index contributed by atoms with van der Waals surface area (Å²) in [6, 6.07) is 6.96. The van der Waals surface area contributed by atoms with Gasteiger partial charge in [0.25, 0.3) is 0 Å². The molecule has 0 radical (unpaired) electrons. The standard InChI is InChI=1S/C27H37N5O3/c1-5-30(6-2)15-16-31-22-14-10-9-13-21(22)28-27(31)29-24(33)23(17-18(3)4)32-25(34)19-11-7-8-12-20(19)26(32)35/h7-10,13-14,18-20,23H,5-6,11-12,15-17H2,1-4H3,(H,28,29,33)/t19-,20-,23+/m0/s1. The molecule has 1 aliphatic heterocycles. The quantitative estimate of drug-likeness (QED) is 0.415. The Kier molecular flexibility index (Phi) is 7.69. The molecule has 0 saturated carbocycles. The predicted octanol–water partition coefficient (Wildman–Crippen LogP) is 3.68.